The second kappa shape index (κ2) is 6.02. The molecule has 0 saturated carbocycles. The van der Waals surface area contributed by atoms with Gasteiger partial charge in [-0.25, -0.2) is 8.42 Å². The van der Waals surface area contributed by atoms with Gasteiger partial charge in [0, 0.05) is 19.0 Å². The second-order valence-corrected chi connectivity index (χ2v) is 7.63. The highest BCUT2D eigenvalue weighted by Gasteiger charge is 2.29. The molecule has 0 aliphatic carbocycles. The number of carbonyl (C=O) groups excluding carboxylic acids is 1. The van der Waals surface area contributed by atoms with Crippen LogP contribution in [0.5, 0.6) is 0 Å². The summed E-state index contributed by atoms with van der Waals surface area (Å²) in [6.45, 7) is 1.77. The van der Waals surface area contributed by atoms with Gasteiger partial charge in [-0.1, -0.05) is 0 Å². The lowest BCUT2D eigenvalue weighted by atomic mass is 10.0. The summed E-state index contributed by atoms with van der Waals surface area (Å²) in [6.07, 6.45) is 4.38. The summed E-state index contributed by atoms with van der Waals surface area (Å²) in [7, 11) is -2.86. The minimum Gasteiger partial charge on any atom is -0.356 e. The Balaban J connectivity index is 1.60. The smallest absolute Gasteiger partial charge is 0.220 e. The van der Waals surface area contributed by atoms with Gasteiger partial charge < -0.3 is 10.6 Å². The Kier molecular flexibility index (Phi) is 4.61. The predicted molar refractivity (Wildman–Crippen MR) is 70.0 cm³/mol. The molecule has 0 bridgehead atoms. The van der Waals surface area contributed by atoms with Crippen LogP contribution in [0.15, 0.2) is 0 Å². The van der Waals surface area contributed by atoms with Crippen LogP contribution in [-0.2, 0) is 14.6 Å². The SMILES string of the molecule is O=C(CC1CCS(=O)(=O)C1)NCC[C@H]1CCCN1. The van der Waals surface area contributed by atoms with Crippen LogP contribution in [0.1, 0.15) is 32.1 Å². The fourth-order valence-corrected chi connectivity index (χ4v) is 4.62. The molecule has 0 spiro atoms. The third kappa shape index (κ3) is 4.24. The molecule has 18 heavy (non-hydrogen) atoms. The molecule has 104 valence electrons. The Bertz CT molecular complexity index is 388. The fourth-order valence-electron chi connectivity index (χ4n) is 2.76. The monoisotopic (exact) mass is 274 g/mol. The zero-order valence-electron chi connectivity index (χ0n) is 10.7. The molecule has 0 aromatic carbocycles. The maximum absolute atomic E-state index is 11.7. The summed E-state index contributed by atoms with van der Waals surface area (Å²) in [5.41, 5.74) is 0. The van der Waals surface area contributed by atoms with E-state index in [2.05, 4.69) is 10.6 Å². The van der Waals surface area contributed by atoms with E-state index in [1.807, 2.05) is 0 Å². The quantitative estimate of drug-likeness (QED) is 0.744. The molecule has 2 aliphatic heterocycles. The van der Waals surface area contributed by atoms with Crippen molar-refractivity contribution in [2.75, 3.05) is 24.6 Å². The van der Waals surface area contributed by atoms with Gasteiger partial charge in [0.05, 0.1) is 11.5 Å². The molecular weight excluding hydrogens is 252 g/mol. The van der Waals surface area contributed by atoms with Crippen LogP contribution < -0.4 is 10.6 Å². The van der Waals surface area contributed by atoms with Crippen LogP contribution in [0.25, 0.3) is 0 Å². The van der Waals surface area contributed by atoms with Gasteiger partial charge in [0.1, 0.15) is 0 Å². The molecule has 2 aliphatic rings. The molecule has 1 amide bonds. The van der Waals surface area contributed by atoms with Crippen molar-refractivity contribution >= 4 is 15.7 Å². The van der Waals surface area contributed by atoms with Crippen LogP contribution in [0.3, 0.4) is 0 Å². The summed E-state index contributed by atoms with van der Waals surface area (Å²) in [5.74, 6) is 0.455. The zero-order chi connectivity index (χ0) is 13.0. The molecule has 2 fully saturated rings. The molecule has 0 aromatic rings. The lowest BCUT2D eigenvalue weighted by molar-refractivity contribution is -0.121. The van der Waals surface area contributed by atoms with E-state index >= 15 is 0 Å². The van der Waals surface area contributed by atoms with E-state index in [9.17, 15) is 13.2 Å². The molecule has 6 heteroatoms. The summed E-state index contributed by atoms with van der Waals surface area (Å²) in [4.78, 5) is 11.7. The zero-order valence-corrected chi connectivity index (χ0v) is 11.5. The molecular formula is C12H22N2O3S. The van der Waals surface area contributed by atoms with E-state index in [0.29, 0.717) is 25.4 Å². The van der Waals surface area contributed by atoms with Crippen molar-refractivity contribution in [3.05, 3.63) is 0 Å². The highest BCUT2D eigenvalue weighted by molar-refractivity contribution is 7.91. The van der Waals surface area contributed by atoms with E-state index in [1.54, 1.807) is 0 Å². The Morgan fingerprint density at radius 2 is 2.17 bits per heavy atom. The Morgan fingerprint density at radius 3 is 2.78 bits per heavy atom. The molecule has 5 nitrogen and oxygen atoms in total. The summed E-state index contributed by atoms with van der Waals surface area (Å²) in [5, 5.41) is 6.27. The van der Waals surface area contributed by atoms with Crippen LogP contribution in [0.2, 0.25) is 0 Å². The van der Waals surface area contributed by atoms with Crippen molar-refractivity contribution < 1.29 is 13.2 Å². The van der Waals surface area contributed by atoms with Crippen LogP contribution in [0.4, 0.5) is 0 Å². The average Bonchev–Trinajstić information content (AvgIpc) is 2.88. The van der Waals surface area contributed by atoms with Crippen LogP contribution >= 0.6 is 0 Å². The van der Waals surface area contributed by atoms with E-state index in [4.69, 9.17) is 0 Å². The van der Waals surface area contributed by atoms with Crippen molar-refractivity contribution in [3.8, 4) is 0 Å². The van der Waals surface area contributed by atoms with Crippen LogP contribution in [-0.4, -0.2) is 45.0 Å². The van der Waals surface area contributed by atoms with E-state index in [1.165, 1.54) is 12.8 Å². The lowest BCUT2D eigenvalue weighted by Gasteiger charge is -2.12. The van der Waals surface area contributed by atoms with Gasteiger partial charge >= 0.3 is 0 Å². The topological polar surface area (TPSA) is 75.3 Å². The number of amides is 1. The summed E-state index contributed by atoms with van der Waals surface area (Å²) >= 11 is 0. The predicted octanol–water partition coefficient (Wildman–Crippen LogP) is 0.0695. The number of carbonyl (C=O) groups is 1. The van der Waals surface area contributed by atoms with Gasteiger partial charge in [-0.3, -0.25) is 4.79 Å². The van der Waals surface area contributed by atoms with E-state index < -0.39 is 9.84 Å². The Morgan fingerprint density at radius 1 is 1.33 bits per heavy atom. The van der Waals surface area contributed by atoms with Gasteiger partial charge in [0.2, 0.25) is 5.91 Å². The molecule has 2 heterocycles. The van der Waals surface area contributed by atoms with Gasteiger partial charge in [-0.05, 0) is 38.1 Å². The van der Waals surface area contributed by atoms with Crippen molar-refractivity contribution in [1.82, 2.24) is 10.6 Å². The summed E-state index contributed by atoms with van der Waals surface area (Å²) in [6, 6.07) is 0.539. The van der Waals surface area contributed by atoms with E-state index in [-0.39, 0.29) is 23.3 Å². The second-order valence-electron chi connectivity index (χ2n) is 5.41. The number of hydrogen-bond donors (Lipinski definition) is 2. The highest BCUT2D eigenvalue weighted by atomic mass is 32.2. The Hall–Kier alpha value is -0.620. The molecule has 2 rings (SSSR count). The van der Waals surface area contributed by atoms with E-state index in [0.717, 1.165) is 13.0 Å². The molecule has 2 atom stereocenters. The number of sulfone groups is 1. The number of hydrogen-bond acceptors (Lipinski definition) is 4. The van der Waals surface area contributed by atoms with Crippen molar-refractivity contribution in [2.24, 2.45) is 5.92 Å². The maximum atomic E-state index is 11.7. The highest BCUT2D eigenvalue weighted by Crippen LogP contribution is 2.21. The molecule has 0 radical (unpaired) electrons. The van der Waals surface area contributed by atoms with Gasteiger partial charge in [0.25, 0.3) is 0 Å². The standard InChI is InChI=1S/C12H22N2O3S/c15-12(8-10-4-7-18(16,17)9-10)14-6-3-11-2-1-5-13-11/h10-11,13H,1-9H2,(H,14,15)/t10?,11-/m1/s1. The van der Waals surface area contributed by atoms with Crippen molar-refractivity contribution in [2.45, 2.75) is 38.1 Å². The first kappa shape index (κ1) is 13.8. The fraction of sp³-hybridized carbons (Fsp3) is 0.917. The Labute approximate surface area is 109 Å². The number of rotatable bonds is 5. The third-order valence-electron chi connectivity index (χ3n) is 3.78. The van der Waals surface area contributed by atoms with Gasteiger partial charge in [-0.2, -0.15) is 0 Å². The lowest BCUT2D eigenvalue weighted by Crippen LogP contribution is -2.31. The van der Waals surface area contributed by atoms with Gasteiger partial charge in [0.15, 0.2) is 9.84 Å². The van der Waals surface area contributed by atoms with Crippen molar-refractivity contribution in [3.63, 3.8) is 0 Å². The first-order valence-corrected chi connectivity index (χ1v) is 8.58. The molecule has 1 unspecified atom stereocenters. The third-order valence-corrected chi connectivity index (χ3v) is 5.62. The first-order chi connectivity index (χ1) is 8.55. The largest absolute Gasteiger partial charge is 0.356 e. The number of nitrogens with one attached hydrogen (secondary N) is 2. The van der Waals surface area contributed by atoms with Gasteiger partial charge in [-0.15, -0.1) is 0 Å². The summed E-state index contributed by atoms with van der Waals surface area (Å²) < 4.78 is 22.5. The first-order valence-electron chi connectivity index (χ1n) is 6.76. The normalized spacial score (nSPS) is 30.4. The minimum atomic E-state index is -2.86. The van der Waals surface area contributed by atoms with Crippen molar-refractivity contribution in [1.29, 1.82) is 0 Å². The average molecular weight is 274 g/mol. The molecule has 2 saturated heterocycles. The molecule has 0 aromatic heterocycles. The maximum Gasteiger partial charge on any atom is 0.220 e. The molecule has 2 N–H and O–H groups in total. The minimum absolute atomic E-state index is 0.00454. The van der Waals surface area contributed by atoms with Crippen LogP contribution in [0, 0.1) is 5.92 Å².